The molecule has 0 saturated carbocycles. The maximum atomic E-state index is 5.96. The van der Waals surface area contributed by atoms with E-state index in [4.69, 9.17) is 9.47 Å². The molecule has 1 saturated heterocycles. The van der Waals surface area contributed by atoms with E-state index in [-0.39, 0.29) is 0 Å². The van der Waals surface area contributed by atoms with Crippen LogP contribution >= 0.6 is 0 Å². The smallest absolute Gasteiger partial charge is 0.182 e. The summed E-state index contributed by atoms with van der Waals surface area (Å²) in [7, 11) is 1.68. The van der Waals surface area contributed by atoms with Crippen LogP contribution in [0.25, 0.3) is 11.2 Å². The van der Waals surface area contributed by atoms with Crippen molar-refractivity contribution < 1.29 is 9.47 Å². The Hall–Kier alpha value is -2.87. The minimum absolute atomic E-state index is 0.392. The molecular weight excluding hydrogens is 380 g/mol. The van der Waals surface area contributed by atoms with E-state index in [2.05, 4.69) is 56.1 Å². The highest BCUT2D eigenvalue weighted by Crippen LogP contribution is 2.29. The number of likely N-dealkylation sites (tertiary alicyclic amines) is 1. The van der Waals surface area contributed by atoms with E-state index in [0.717, 1.165) is 55.3 Å². The first kappa shape index (κ1) is 20.4. The van der Waals surface area contributed by atoms with Crippen LogP contribution in [0.4, 0.5) is 5.82 Å². The molecule has 0 aliphatic carbocycles. The van der Waals surface area contributed by atoms with Crippen molar-refractivity contribution in [1.29, 1.82) is 0 Å². The number of nitrogens with one attached hydrogen (secondary N) is 2. The van der Waals surface area contributed by atoms with Gasteiger partial charge in [0.2, 0.25) is 0 Å². The molecule has 1 aliphatic rings. The van der Waals surface area contributed by atoms with E-state index in [9.17, 15) is 0 Å². The molecular formula is C22H30N6O2. The van der Waals surface area contributed by atoms with Crippen molar-refractivity contribution in [2.75, 3.05) is 32.1 Å². The quantitative estimate of drug-likeness (QED) is 0.588. The van der Waals surface area contributed by atoms with Gasteiger partial charge in [-0.2, -0.15) is 0 Å². The third-order valence-electron chi connectivity index (χ3n) is 5.36. The van der Waals surface area contributed by atoms with Crippen LogP contribution in [0.5, 0.6) is 11.5 Å². The lowest BCUT2D eigenvalue weighted by Gasteiger charge is -2.32. The van der Waals surface area contributed by atoms with Crippen LogP contribution < -0.4 is 14.8 Å². The molecule has 0 radical (unpaired) electrons. The summed E-state index contributed by atoms with van der Waals surface area (Å²) in [5.74, 6) is 2.92. The molecule has 160 valence electrons. The summed E-state index contributed by atoms with van der Waals surface area (Å²) in [5.41, 5.74) is 2.81. The fraction of sp³-hybridized carbons (Fsp3) is 0.500. The predicted octanol–water partition coefficient (Wildman–Crippen LogP) is 3.47. The molecule has 0 unspecified atom stereocenters. The maximum Gasteiger partial charge on any atom is 0.182 e. The van der Waals surface area contributed by atoms with Gasteiger partial charge in [-0.1, -0.05) is 19.9 Å². The van der Waals surface area contributed by atoms with Gasteiger partial charge >= 0.3 is 0 Å². The van der Waals surface area contributed by atoms with Crippen LogP contribution in [0, 0.1) is 5.92 Å². The minimum Gasteiger partial charge on any atom is -0.493 e. The fourth-order valence-corrected chi connectivity index (χ4v) is 3.75. The van der Waals surface area contributed by atoms with Crippen LogP contribution in [0.15, 0.2) is 30.9 Å². The second kappa shape index (κ2) is 9.30. The molecule has 3 heterocycles. The van der Waals surface area contributed by atoms with Crippen LogP contribution in [-0.4, -0.2) is 57.7 Å². The van der Waals surface area contributed by atoms with E-state index in [1.54, 1.807) is 19.8 Å². The predicted molar refractivity (Wildman–Crippen MR) is 117 cm³/mol. The molecule has 0 spiro atoms. The molecule has 0 amide bonds. The molecule has 8 nitrogen and oxygen atoms in total. The Morgan fingerprint density at radius 2 is 2.00 bits per heavy atom. The zero-order chi connectivity index (χ0) is 20.9. The molecule has 0 atom stereocenters. The van der Waals surface area contributed by atoms with Gasteiger partial charge in [-0.05, 0) is 36.5 Å². The summed E-state index contributed by atoms with van der Waals surface area (Å²) in [5, 5.41) is 3.56. The Labute approximate surface area is 177 Å². The van der Waals surface area contributed by atoms with Gasteiger partial charge in [-0.3, -0.25) is 4.90 Å². The van der Waals surface area contributed by atoms with Crippen LogP contribution in [-0.2, 0) is 6.54 Å². The molecule has 1 aromatic carbocycles. The van der Waals surface area contributed by atoms with E-state index in [0.29, 0.717) is 24.2 Å². The Bertz CT molecular complexity index is 965. The van der Waals surface area contributed by atoms with Gasteiger partial charge in [0.05, 0.1) is 20.0 Å². The normalized spacial score (nSPS) is 15.6. The van der Waals surface area contributed by atoms with Crippen LogP contribution in [0.1, 0.15) is 32.3 Å². The first-order chi connectivity index (χ1) is 14.6. The number of rotatable bonds is 8. The third kappa shape index (κ3) is 4.81. The van der Waals surface area contributed by atoms with Gasteiger partial charge in [0.25, 0.3) is 0 Å². The molecule has 4 rings (SSSR count). The van der Waals surface area contributed by atoms with Gasteiger partial charge in [0.15, 0.2) is 23.0 Å². The van der Waals surface area contributed by atoms with E-state index < -0.39 is 0 Å². The standard InChI is InChI=1S/C22H30N6O2/c1-15(2)12-30-19-10-16(4-5-18(19)29-3)11-28-8-6-17(7-9-28)27-22-20-21(24-13-23-20)25-14-26-22/h4-5,10,13-15,17H,6-9,11-12H2,1-3H3,(H2,23,24,25,26,27). The van der Waals surface area contributed by atoms with Gasteiger partial charge in [-0.15, -0.1) is 0 Å². The van der Waals surface area contributed by atoms with Crippen molar-refractivity contribution >= 4 is 17.0 Å². The highest BCUT2D eigenvalue weighted by molar-refractivity contribution is 5.82. The number of imidazole rings is 1. The first-order valence-electron chi connectivity index (χ1n) is 10.5. The summed E-state index contributed by atoms with van der Waals surface area (Å²) < 4.78 is 11.4. The number of anilines is 1. The fourth-order valence-electron chi connectivity index (χ4n) is 3.75. The average Bonchev–Trinajstić information content (AvgIpc) is 3.24. The lowest BCUT2D eigenvalue weighted by Crippen LogP contribution is -2.38. The Morgan fingerprint density at radius 3 is 2.77 bits per heavy atom. The van der Waals surface area contributed by atoms with Crippen molar-refractivity contribution in [3.8, 4) is 11.5 Å². The Kier molecular flexibility index (Phi) is 6.32. The number of fused-ring (bicyclic) bond motifs is 1. The summed E-state index contributed by atoms with van der Waals surface area (Å²) in [6, 6.07) is 6.63. The van der Waals surface area contributed by atoms with E-state index >= 15 is 0 Å². The molecule has 1 aliphatic heterocycles. The molecule has 8 heteroatoms. The lowest BCUT2D eigenvalue weighted by atomic mass is 10.0. The number of ether oxygens (including phenoxy) is 2. The van der Waals surface area contributed by atoms with Crippen molar-refractivity contribution in [2.24, 2.45) is 5.92 Å². The second-order valence-corrected chi connectivity index (χ2v) is 8.21. The number of hydrogen-bond donors (Lipinski definition) is 2. The third-order valence-corrected chi connectivity index (χ3v) is 5.36. The van der Waals surface area contributed by atoms with Gasteiger partial charge < -0.3 is 19.8 Å². The molecule has 3 aromatic rings. The SMILES string of the molecule is COc1ccc(CN2CCC(Nc3ncnc4nc[nH]c34)CC2)cc1OCC(C)C. The number of aromatic nitrogens is 4. The summed E-state index contributed by atoms with van der Waals surface area (Å²) >= 11 is 0. The zero-order valence-corrected chi connectivity index (χ0v) is 17.9. The van der Waals surface area contributed by atoms with Crippen molar-refractivity contribution in [3.05, 3.63) is 36.4 Å². The van der Waals surface area contributed by atoms with Gasteiger partial charge in [0.1, 0.15) is 11.8 Å². The monoisotopic (exact) mass is 410 g/mol. The Balaban J connectivity index is 1.33. The summed E-state index contributed by atoms with van der Waals surface area (Å²) in [4.78, 5) is 18.4. The number of piperidine rings is 1. The number of H-pyrrole nitrogens is 1. The number of benzene rings is 1. The molecule has 2 aromatic heterocycles. The summed E-state index contributed by atoms with van der Waals surface area (Å²) in [6.45, 7) is 7.95. The Morgan fingerprint density at radius 1 is 1.17 bits per heavy atom. The zero-order valence-electron chi connectivity index (χ0n) is 17.9. The second-order valence-electron chi connectivity index (χ2n) is 8.21. The molecule has 0 bridgehead atoms. The molecule has 2 N–H and O–H groups in total. The van der Waals surface area contributed by atoms with Crippen molar-refractivity contribution in [2.45, 2.75) is 39.3 Å². The van der Waals surface area contributed by atoms with Crippen LogP contribution in [0.2, 0.25) is 0 Å². The number of methoxy groups -OCH3 is 1. The largest absolute Gasteiger partial charge is 0.493 e. The summed E-state index contributed by atoms with van der Waals surface area (Å²) in [6.07, 6.45) is 5.34. The van der Waals surface area contributed by atoms with Gasteiger partial charge in [-0.25, -0.2) is 15.0 Å². The first-order valence-corrected chi connectivity index (χ1v) is 10.5. The number of aromatic amines is 1. The van der Waals surface area contributed by atoms with Crippen LogP contribution in [0.3, 0.4) is 0 Å². The van der Waals surface area contributed by atoms with E-state index in [1.165, 1.54) is 5.56 Å². The average molecular weight is 411 g/mol. The topological polar surface area (TPSA) is 88.2 Å². The molecule has 30 heavy (non-hydrogen) atoms. The van der Waals surface area contributed by atoms with E-state index in [1.807, 2.05) is 6.07 Å². The molecule has 1 fully saturated rings. The number of hydrogen-bond acceptors (Lipinski definition) is 7. The maximum absolute atomic E-state index is 5.96. The van der Waals surface area contributed by atoms with Crippen molar-refractivity contribution in [3.63, 3.8) is 0 Å². The van der Waals surface area contributed by atoms with Gasteiger partial charge in [0, 0.05) is 25.7 Å². The lowest BCUT2D eigenvalue weighted by molar-refractivity contribution is 0.210. The number of nitrogens with zero attached hydrogens (tertiary/aromatic N) is 4. The van der Waals surface area contributed by atoms with Crippen molar-refractivity contribution in [1.82, 2.24) is 24.8 Å². The highest BCUT2D eigenvalue weighted by Gasteiger charge is 2.21. The minimum atomic E-state index is 0.392. The highest BCUT2D eigenvalue weighted by atomic mass is 16.5.